The molecule has 1 aliphatic carbocycles. The summed E-state index contributed by atoms with van der Waals surface area (Å²) in [6, 6.07) is 10.0. The minimum atomic E-state index is 0.0621. The minimum absolute atomic E-state index is 0.0621. The Morgan fingerprint density at radius 1 is 1.24 bits per heavy atom. The molecule has 0 saturated heterocycles. The van der Waals surface area contributed by atoms with Crippen LogP contribution in [0, 0.1) is 0 Å². The third-order valence-corrected chi connectivity index (χ3v) is 3.62. The number of H-pyrrole nitrogens is 1. The maximum absolute atomic E-state index is 9.56. The van der Waals surface area contributed by atoms with Crippen LogP contribution in [-0.4, -0.2) is 15.3 Å². The van der Waals surface area contributed by atoms with Crippen molar-refractivity contribution in [2.75, 3.05) is 0 Å². The first-order chi connectivity index (χ1) is 8.40. The first-order valence-electron chi connectivity index (χ1n) is 6.13. The SMILES string of the molecule is OCc1c(-c2ccccc2)n[nH]c1C1CCC1. The molecule has 0 unspecified atom stereocenters. The molecule has 3 nitrogen and oxygen atoms in total. The number of rotatable bonds is 3. The van der Waals surface area contributed by atoms with E-state index in [0.717, 1.165) is 22.5 Å². The summed E-state index contributed by atoms with van der Waals surface area (Å²) in [6.07, 6.45) is 3.71. The zero-order valence-electron chi connectivity index (χ0n) is 9.69. The van der Waals surface area contributed by atoms with Crippen LogP contribution in [0.25, 0.3) is 11.3 Å². The fourth-order valence-corrected chi connectivity index (χ4v) is 2.41. The first-order valence-corrected chi connectivity index (χ1v) is 6.13. The fraction of sp³-hybridized carbons (Fsp3) is 0.357. The van der Waals surface area contributed by atoms with Crippen LogP contribution in [0.3, 0.4) is 0 Å². The number of nitrogens with zero attached hydrogens (tertiary/aromatic N) is 1. The molecule has 0 amide bonds. The number of hydrogen-bond donors (Lipinski definition) is 2. The maximum Gasteiger partial charge on any atom is 0.0978 e. The lowest BCUT2D eigenvalue weighted by Gasteiger charge is -2.24. The maximum atomic E-state index is 9.56. The second-order valence-electron chi connectivity index (χ2n) is 4.62. The molecule has 1 aromatic carbocycles. The number of aliphatic hydroxyl groups is 1. The lowest BCUT2D eigenvalue weighted by molar-refractivity contribution is 0.277. The second kappa shape index (κ2) is 4.34. The van der Waals surface area contributed by atoms with Crippen molar-refractivity contribution in [2.45, 2.75) is 31.8 Å². The monoisotopic (exact) mass is 228 g/mol. The van der Waals surface area contributed by atoms with Gasteiger partial charge in [-0.3, -0.25) is 5.10 Å². The Bertz CT molecular complexity index is 500. The van der Waals surface area contributed by atoms with Crippen LogP contribution in [0.1, 0.15) is 36.4 Å². The van der Waals surface area contributed by atoms with Gasteiger partial charge in [-0.05, 0) is 12.8 Å². The van der Waals surface area contributed by atoms with Crippen LogP contribution >= 0.6 is 0 Å². The molecular weight excluding hydrogens is 212 g/mol. The second-order valence-corrected chi connectivity index (χ2v) is 4.62. The smallest absolute Gasteiger partial charge is 0.0978 e. The largest absolute Gasteiger partial charge is 0.392 e. The fourth-order valence-electron chi connectivity index (χ4n) is 2.41. The Labute approximate surface area is 100 Å². The highest BCUT2D eigenvalue weighted by atomic mass is 16.3. The highest BCUT2D eigenvalue weighted by Crippen LogP contribution is 2.39. The van der Waals surface area contributed by atoms with E-state index in [1.165, 1.54) is 19.3 Å². The molecule has 1 aliphatic rings. The van der Waals surface area contributed by atoms with E-state index in [1.54, 1.807) is 0 Å². The molecule has 0 spiro atoms. The van der Waals surface area contributed by atoms with Crippen LogP contribution < -0.4 is 0 Å². The number of aromatic amines is 1. The van der Waals surface area contributed by atoms with E-state index in [-0.39, 0.29) is 6.61 Å². The Morgan fingerprint density at radius 2 is 2.00 bits per heavy atom. The van der Waals surface area contributed by atoms with Crippen LogP contribution in [0.15, 0.2) is 30.3 Å². The Balaban J connectivity index is 2.02. The van der Waals surface area contributed by atoms with Gasteiger partial charge in [0.25, 0.3) is 0 Å². The van der Waals surface area contributed by atoms with Crippen molar-refractivity contribution in [2.24, 2.45) is 0 Å². The van der Waals surface area contributed by atoms with Gasteiger partial charge in [-0.1, -0.05) is 36.8 Å². The van der Waals surface area contributed by atoms with Gasteiger partial charge in [0.1, 0.15) is 0 Å². The van der Waals surface area contributed by atoms with Gasteiger partial charge in [0.05, 0.1) is 12.3 Å². The highest BCUT2D eigenvalue weighted by molar-refractivity contribution is 5.64. The Kier molecular flexibility index (Phi) is 2.69. The predicted molar refractivity (Wildman–Crippen MR) is 66.5 cm³/mol. The lowest BCUT2D eigenvalue weighted by Crippen LogP contribution is -2.11. The number of nitrogens with one attached hydrogen (secondary N) is 1. The van der Waals surface area contributed by atoms with E-state index in [1.807, 2.05) is 30.3 Å². The van der Waals surface area contributed by atoms with Gasteiger partial charge in [-0.15, -0.1) is 0 Å². The molecular formula is C14H16N2O. The van der Waals surface area contributed by atoms with E-state index in [4.69, 9.17) is 0 Å². The zero-order chi connectivity index (χ0) is 11.7. The molecule has 17 heavy (non-hydrogen) atoms. The van der Waals surface area contributed by atoms with Gasteiger partial charge in [-0.25, -0.2) is 0 Å². The predicted octanol–water partition coefficient (Wildman–Crippen LogP) is 2.84. The van der Waals surface area contributed by atoms with E-state index < -0.39 is 0 Å². The van der Waals surface area contributed by atoms with Gasteiger partial charge in [0.15, 0.2) is 0 Å². The molecule has 2 N–H and O–H groups in total. The molecule has 0 atom stereocenters. The number of aliphatic hydroxyl groups excluding tert-OH is 1. The van der Waals surface area contributed by atoms with Gasteiger partial charge in [-0.2, -0.15) is 5.10 Å². The van der Waals surface area contributed by atoms with Gasteiger partial charge < -0.3 is 5.11 Å². The average molecular weight is 228 g/mol. The number of aromatic nitrogens is 2. The third-order valence-electron chi connectivity index (χ3n) is 3.62. The van der Waals surface area contributed by atoms with Gasteiger partial charge in [0.2, 0.25) is 0 Å². The molecule has 1 aromatic heterocycles. The van der Waals surface area contributed by atoms with Crippen molar-refractivity contribution >= 4 is 0 Å². The molecule has 1 saturated carbocycles. The Morgan fingerprint density at radius 3 is 2.59 bits per heavy atom. The topological polar surface area (TPSA) is 48.9 Å². The van der Waals surface area contributed by atoms with Crippen LogP contribution in [0.5, 0.6) is 0 Å². The van der Waals surface area contributed by atoms with Crippen molar-refractivity contribution < 1.29 is 5.11 Å². The van der Waals surface area contributed by atoms with Crippen molar-refractivity contribution in [3.8, 4) is 11.3 Å². The summed E-state index contributed by atoms with van der Waals surface area (Å²) in [7, 11) is 0. The average Bonchev–Trinajstić information content (AvgIpc) is 2.71. The molecule has 3 rings (SSSR count). The molecule has 88 valence electrons. The molecule has 1 heterocycles. The zero-order valence-corrected chi connectivity index (χ0v) is 9.69. The molecule has 0 radical (unpaired) electrons. The Hall–Kier alpha value is -1.61. The quantitative estimate of drug-likeness (QED) is 0.848. The summed E-state index contributed by atoms with van der Waals surface area (Å²) in [4.78, 5) is 0. The van der Waals surface area contributed by atoms with E-state index in [0.29, 0.717) is 5.92 Å². The molecule has 2 aromatic rings. The van der Waals surface area contributed by atoms with E-state index >= 15 is 0 Å². The minimum Gasteiger partial charge on any atom is -0.392 e. The summed E-state index contributed by atoms with van der Waals surface area (Å²) in [5.41, 5.74) is 4.08. The number of benzene rings is 1. The first kappa shape index (κ1) is 10.5. The third kappa shape index (κ3) is 1.76. The van der Waals surface area contributed by atoms with Crippen LogP contribution in [-0.2, 0) is 6.61 Å². The van der Waals surface area contributed by atoms with Crippen LogP contribution in [0.2, 0.25) is 0 Å². The number of hydrogen-bond acceptors (Lipinski definition) is 2. The highest BCUT2D eigenvalue weighted by Gasteiger charge is 2.26. The summed E-state index contributed by atoms with van der Waals surface area (Å²) in [5.74, 6) is 0.571. The summed E-state index contributed by atoms with van der Waals surface area (Å²) in [6.45, 7) is 0.0621. The molecule has 0 aliphatic heterocycles. The van der Waals surface area contributed by atoms with Gasteiger partial charge >= 0.3 is 0 Å². The normalized spacial score (nSPS) is 15.8. The van der Waals surface area contributed by atoms with Gasteiger partial charge in [0, 0.05) is 22.7 Å². The van der Waals surface area contributed by atoms with Crippen LogP contribution in [0.4, 0.5) is 0 Å². The van der Waals surface area contributed by atoms with Crippen molar-refractivity contribution in [3.63, 3.8) is 0 Å². The van der Waals surface area contributed by atoms with E-state index in [2.05, 4.69) is 10.2 Å². The summed E-state index contributed by atoms with van der Waals surface area (Å²) >= 11 is 0. The lowest BCUT2D eigenvalue weighted by atomic mass is 9.81. The van der Waals surface area contributed by atoms with Crippen molar-refractivity contribution in [1.82, 2.24) is 10.2 Å². The summed E-state index contributed by atoms with van der Waals surface area (Å²) < 4.78 is 0. The standard InChI is InChI=1S/C14H16N2O/c17-9-12-13(10-5-2-1-3-6-10)15-16-14(12)11-7-4-8-11/h1-3,5-6,11,17H,4,7-9H2,(H,15,16). The summed E-state index contributed by atoms with van der Waals surface area (Å²) in [5, 5.41) is 17.0. The van der Waals surface area contributed by atoms with E-state index in [9.17, 15) is 5.11 Å². The van der Waals surface area contributed by atoms with Crippen molar-refractivity contribution in [3.05, 3.63) is 41.6 Å². The molecule has 3 heteroatoms. The van der Waals surface area contributed by atoms with Crippen molar-refractivity contribution in [1.29, 1.82) is 0 Å². The molecule has 1 fully saturated rings. The molecule has 0 bridgehead atoms.